The van der Waals surface area contributed by atoms with Crippen molar-refractivity contribution < 1.29 is 22.3 Å². The summed E-state index contributed by atoms with van der Waals surface area (Å²) in [4.78, 5) is 14.3. The molecule has 1 saturated heterocycles. The van der Waals surface area contributed by atoms with Crippen LogP contribution in [0, 0.1) is 5.82 Å². The third-order valence-electron chi connectivity index (χ3n) is 4.65. The van der Waals surface area contributed by atoms with Crippen molar-refractivity contribution in [3.63, 3.8) is 0 Å². The summed E-state index contributed by atoms with van der Waals surface area (Å²) in [5, 5.41) is -0.520. The molecule has 0 atom stereocenters. The van der Waals surface area contributed by atoms with Gasteiger partial charge in [-0.15, -0.1) is 0 Å². The molecule has 5 nitrogen and oxygen atoms in total. The second kappa shape index (κ2) is 7.45. The molecule has 2 aromatic carbocycles. The number of carbonyl (C=O) groups excluding carboxylic acids is 1. The first-order valence-corrected chi connectivity index (χ1v) is 9.89. The highest BCUT2D eigenvalue weighted by atomic mass is 32.2. The van der Waals surface area contributed by atoms with Crippen LogP contribution in [0.3, 0.4) is 0 Å². The number of hydrogen-bond acceptors (Lipinski definition) is 4. The first-order chi connectivity index (χ1) is 12.4. The Hall–Kier alpha value is -2.41. The van der Waals surface area contributed by atoms with Gasteiger partial charge < -0.3 is 9.64 Å². The molecule has 1 aliphatic rings. The number of halogens is 1. The van der Waals surface area contributed by atoms with Gasteiger partial charge in [-0.05, 0) is 61.4 Å². The van der Waals surface area contributed by atoms with Crippen molar-refractivity contribution >= 4 is 15.7 Å². The standard InChI is InChI=1S/C19H20FNO4S/c1-25-16-6-8-17(9-7-16)26(23,24)18-10-12-21(13-11-18)19(22)14-2-4-15(20)5-3-14/h2-9,18H,10-13H2,1H3. The fourth-order valence-corrected chi connectivity index (χ4v) is 4.83. The third-order valence-corrected chi connectivity index (χ3v) is 6.93. The predicted octanol–water partition coefficient (Wildman–Crippen LogP) is 2.91. The highest BCUT2D eigenvalue weighted by Gasteiger charge is 2.33. The molecule has 0 spiro atoms. The van der Waals surface area contributed by atoms with Gasteiger partial charge in [0.15, 0.2) is 9.84 Å². The number of ether oxygens (including phenoxy) is 1. The van der Waals surface area contributed by atoms with Gasteiger partial charge in [0.25, 0.3) is 5.91 Å². The highest BCUT2D eigenvalue weighted by Crippen LogP contribution is 2.26. The van der Waals surface area contributed by atoms with Gasteiger partial charge in [0, 0.05) is 18.7 Å². The lowest BCUT2D eigenvalue weighted by Gasteiger charge is -2.31. The Labute approximate surface area is 152 Å². The van der Waals surface area contributed by atoms with Crippen LogP contribution in [-0.2, 0) is 9.84 Å². The van der Waals surface area contributed by atoms with E-state index in [1.165, 1.54) is 31.4 Å². The second-order valence-electron chi connectivity index (χ2n) is 6.22. The number of methoxy groups -OCH3 is 1. The molecule has 7 heteroatoms. The minimum absolute atomic E-state index is 0.203. The van der Waals surface area contributed by atoms with Crippen molar-refractivity contribution in [3.05, 3.63) is 59.9 Å². The minimum atomic E-state index is -3.45. The molecule has 1 amide bonds. The molecule has 2 aromatic rings. The summed E-state index contributed by atoms with van der Waals surface area (Å²) in [6, 6.07) is 11.7. The number of likely N-dealkylation sites (tertiary alicyclic amines) is 1. The van der Waals surface area contributed by atoms with E-state index in [1.54, 1.807) is 29.2 Å². The van der Waals surface area contributed by atoms with E-state index >= 15 is 0 Å². The highest BCUT2D eigenvalue weighted by molar-refractivity contribution is 7.92. The SMILES string of the molecule is COc1ccc(S(=O)(=O)C2CCN(C(=O)c3ccc(F)cc3)CC2)cc1. The van der Waals surface area contributed by atoms with Gasteiger partial charge >= 0.3 is 0 Å². The molecule has 0 N–H and O–H groups in total. The van der Waals surface area contributed by atoms with Gasteiger partial charge in [-0.25, -0.2) is 12.8 Å². The van der Waals surface area contributed by atoms with Crippen LogP contribution < -0.4 is 4.74 Å². The summed E-state index contributed by atoms with van der Waals surface area (Å²) < 4.78 is 43.6. The summed E-state index contributed by atoms with van der Waals surface area (Å²) in [5.41, 5.74) is 0.405. The molecule has 1 fully saturated rings. The predicted molar refractivity (Wildman–Crippen MR) is 95.5 cm³/mol. The molecule has 138 valence electrons. The number of carbonyl (C=O) groups is 1. The van der Waals surface area contributed by atoms with Crippen molar-refractivity contribution in [2.45, 2.75) is 23.0 Å². The van der Waals surface area contributed by atoms with Crippen LogP contribution in [-0.4, -0.2) is 44.7 Å². The Kier molecular flexibility index (Phi) is 5.27. The van der Waals surface area contributed by atoms with Crippen molar-refractivity contribution in [1.29, 1.82) is 0 Å². The van der Waals surface area contributed by atoms with Crippen molar-refractivity contribution in [1.82, 2.24) is 4.90 Å². The van der Waals surface area contributed by atoms with Gasteiger partial charge in [-0.1, -0.05) is 0 Å². The molecule has 0 radical (unpaired) electrons. The number of piperidine rings is 1. The number of nitrogens with zero attached hydrogens (tertiary/aromatic N) is 1. The van der Waals surface area contributed by atoms with E-state index in [0.29, 0.717) is 37.2 Å². The van der Waals surface area contributed by atoms with Gasteiger partial charge in [0.1, 0.15) is 11.6 Å². The number of amides is 1. The Balaban J connectivity index is 1.67. The Bertz CT molecular complexity index is 871. The molecule has 0 aliphatic carbocycles. The number of rotatable bonds is 4. The lowest BCUT2D eigenvalue weighted by Crippen LogP contribution is -2.42. The number of benzene rings is 2. The Morgan fingerprint density at radius 3 is 2.15 bits per heavy atom. The van der Waals surface area contributed by atoms with Gasteiger partial charge in [0.2, 0.25) is 0 Å². The Morgan fingerprint density at radius 2 is 1.62 bits per heavy atom. The monoisotopic (exact) mass is 377 g/mol. The number of sulfone groups is 1. The van der Waals surface area contributed by atoms with Crippen LogP contribution in [0.15, 0.2) is 53.4 Å². The summed E-state index contributed by atoms with van der Waals surface area (Å²) in [6.45, 7) is 0.715. The van der Waals surface area contributed by atoms with E-state index < -0.39 is 20.9 Å². The van der Waals surface area contributed by atoms with E-state index in [9.17, 15) is 17.6 Å². The van der Waals surface area contributed by atoms with Crippen LogP contribution in [0.4, 0.5) is 4.39 Å². The molecule has 3 rings (SSSR count). The summed E-state index contributed by atoms with van der Waals surface area (Å²) >= 11 is 0. The van der Waals surface area contributed by atoms with Gasteiger partial charge in [-0.2, -0.15) is 0 Å². The maximum Gasteiger partial charge on any atom is 0.253 e. The molecular weight excluding hydrogens is 357 g/mol. The van der Waals surface area contributed by atoms with E-state index in [2.05, 4.69) is 0 Å². The third kappa shape index (κ3) is 3.72. The molecule has 26 heavy (non-hydrogen) atoms. The fraction of sp³-hybridized carbons (Fsp3) is 0.316. The first kappa shape index (κ1) is 18.4. The average molecular weight is 377 g/mol. The quantitative estimate of drug-likeness (QED) is 0.822. The molecule has 0 saturated carbocycles. The summed E-state index contributed by atoms with van der Waals surface area (Å²) in [7, 11) is -1.92. The van der Waals surface area contributed by atoms with E-state index in [1.807, 2.05) is 0 Å². The lowest BCUT2D eigenvalue weighted by molar-refractivity contribution is 0.0725. The zero-order valence-electron chi connectivity index (χ0n) is 14.4. The zero-order chi connectivity index (χ0) is 18.7. The normalized spacial score (nSPS) is 15.7. The fourth-order valence-electron chi connectivity index (χ4n) is 3.10. The maximum atomic E-state index is 13.0. The molecule has 0 aromatic heterocycles. The summed E-state index contributed by atoms with van der Waals surface area (Å²) in [5.74, 6) is -0.000183. The van der Waals surface area contributed by atoms with Gasteiger partial charge in [-0.3, -0.25) is 4.79 Å². The topological polar surface area (TPSA) is 63.7 Å². The van der Waals surface area contributed by atoms with E-state index in [0.717, 1.165) is 0 Å². The molecular formula is C19H20FNO4S. The summed E-state index contributed by atoms with van der Waals surface area (Å²) in [6.07, 6.45) is 0.753. The van der Waals surface area contributed by atoms with Crippen LogP contribution in [0.1, 0.15) is 23.2 Å². The van der Waals surface area contributed by atoms with Crippen LogP contribution >= 0.6 is 0 Å². The van der Waals surface area contributed by atoms with Gasteiger partial charge in [0.05, 0.1) is 17.3 Å². The zero-order valence-corrected chi connectivity index (χ0v) is 15.2. The largest absolute Gasteiger partial charge is 0.497 e. The first-order valence-electron chi connectivity index (χ1n) is 8.34. The Morgan fingerprint density at radius 1 is 1.04 bits per heavy atom. The van der Waals surface area contributed by atoms with E-state index in [-0.39, 0.29) is 10.8 Å². The number of hydrogen-bond donors (Lipinski definition) is 0. The van der Waals surface area contributed by atoms with Crippen LogP contribution in [0.5, 0.6) is 5.75 Å². The average Bonchev–Trinajstić information content (AvgIpc) is 2.68. The van der Waals surface area contributed by atoms with Crippen LogP contribution in [0.2, 0.25) is 0 Å². The van der Waals surface area contributed by atoms with Crippen molar-refractivity contribution in [3.8, 4) is 5.75 Å². The van der Waals surface area contributed by atoms with Crippen molar-refractivity contribution in [2.24, 2.45) is 0 Å². The molecule has 0 bridgehead atoms. The second-order valence-corrected chi connectivity index (χ2v) is 8.45. The lowest BCUT2D eigenvalue weighted by atomic mass is 10.1. The van der Waals surface area contributed by atoms with E-state index in [4.69, 9.17) is 4.74 Å². The molecule has 0 unspecified atom stereocenters. The molecule has 1 aliphatic heterocycles. The van der Waals surface area contributed by atoms with Crippen molar-refractivity contribution in [2.75, 3.05) is 20.2 Å². The maximum absolute atomic E-state index is 13.0. The van der Waals surface area contributed by atoms with Crippen LogP contribution in [0.25, 0.3) is 0 Å². The smallest absolute Gasteiger partial charge is 0.253 e. The minimum Gasteiger partial charge on any atom is -0.497 e. The molecule has 1 heterocycles.